The van der Waals surface area contributed by atoms with E-state index in [1.165, 1.54) is 17.4 Å². The van der Waals surface area contributed by atoms with E-state index in [0.29, 0.717) is 29.3 Å². The molecule has 0 aliphatic heterocycles. The molecule has 0 spiro atoms. The predicted molar refractivity (Wildman–Crippen MR) is 134 cm³/mol. The summed E-state index contributed by atoms with van der Waals surface area (Å²) in [5, 5.41) is 1.48. The summed E-state index contributed by atoms with van der Waals surface area (Å²) < 4.78 is 50.5. The summed E-state index contributed by atoms with van der Waals surface area (Å²) in [6.45, 7) is 7.75. The van der Waals surface area contributed by atoms with Crippen molar-refractivity contribution >= 4 is 28.2 Å². The van der Waals surface area contributed by atoms with E-state index in [1.54, 1.807) is 12.3 Å². The molecular weight excluding hydrogens is 489 g/mol. The fourth-order valence-electron chi connectivity index (χ4n) is 3.81. The van der Waals surface area contributed by atoms with Gasteiger partial charge in [-0.15, -0.1) is 11.3 Å². The fraction of sp³-hybridized carbons (Fsp3) is 0.333. The maximum absolute atomic E-state index is 13.1. The summed E-state index contributed by atoms with van der Waals surface area (Å²) in [5.41, 5.74) is 1.72. The molecule has 4 rings (SSSR count). The van der Waals surface area contributed by atoms with Crippen LogP contribution in [0.25, 0.3) is 21.5 Å². The number of carbonyl (C=O) groups excluding carboxylic acids is 1. The number of aromatic amines is 1. The molecule has 0 radical (unpaired) electrons. The topological polar surface area (TPSA) is 64.2 Å². The number of hydrogen-bond donors (Lipinski definition) is 1. The van der Waals surface area contributed by atoms with Crippen LogP contribution < -0.4 is 4.74 Å². The maximum Gasteiger partial charge on any atom is 0.416 e. The molecule has 9 heteroatoms. The Morgan fingerprint density at radius 2 is 1.89 bits per heavy atom. The number of ether oxygens (including phenoxy) is 2. The first-order valence-corrected chi connectivity index (χ1v) is 12.3. The highest BCUT2D eigenvalue weighted by molar-refractivity contribution is 7.15. The average Bonchev–Trinajstić information content (AvgIpc) is 3.35. The quantitative estimate of drug-likeness (QED) is 0.266. The second-order valence-corrected chi connectivity index (χ2v) is 10.6. The van der Waals surface area contributed by atoms with Gasteiger partial charge in [0.1, 0.15) is 16.4 Å². The zero-order valence-corrected chi connectivity index (χ0v) is 21.3. The number of benzene rings is 2. The van der Waals surface area contributed by atoms with Crippen molar-refractivity contribution in [2.45, 2.75) is 52.3 Å². The van der Waals surface area contributed by atoms with Gasteiger partial charge in [-0.3, -0.25) is 4.79 Å². The average molecular weight is 517 g/mol. The molecule has 0 bridgehead atoms. The largest absolute Gasteiger partial charge is 0.493 e. The first-order valence-electron chi connectivity index (χ1n) is 11.5. The number of rotatable bonds is 7. The Balaban J connectivity index is 1.39. The summed E-state index contributed by atoms with van der Waals surface area (Å²) in [6.07, 6.45) is -1.84. The molecular formula is C27H27F3N2O3S. The van der Waals surface area contributed by atoms with Gasteiger partial charge in [-0.2, -0.15) is 13.2 Å². The van der Waals surface area contributed by atoms with Crippen LogP contribution in [0.3, 0.4) is 0 Å². The smallest absolute Gasteiger partial charge is 0.416 e. The summed E-state index contributed by atoms with van der Waals surface area (Å²) in [7, 11) is 0. The molecule has 190 valence electrons. The van der Waals surface area contributed by atoms with Crippen LogP contribution >= 0.6 is 11.3 Å². The predicted octanol–water partition coefficient (Wildman–Crippen LogP) is 7.12. The van der Waals surface area contributed by atoms with E-state index in [4.69, 9.17) is 9.47 Å². The van der Waals surface area contributed by atoms with Crippen LogP contribution in [0, 0.1) is 6.92 Å². The van der Waals surface area contributed by atoms with E-state index >= 15 is 0 Å². The zero-order valence-electron chi connectivity index (χ0n) is 20.5. The lowest BCUT2D eigenvalue weighted by molar-refractivity contribution is -0.153. The molecule has 1 N–H and O–H groups in total. The number of nitrogens with zero attached hydrogens (tertiary/aromatic N) is 1. The number of nitrogens with one attached hydrogen (secondary N) is 1. The Bertz CT molecular complexity index is 1380. The van der Waals surface area contributed by atoms with Gasteiger partial charge in [-0.05, 0) is 57.5 Å². The summed E-state index contributed by atoms with van der Waals surface area (Å²) >= 11 is 1.37. The first-order chi connectivity index (χ1) is 16.9. The molecule has 0 fully saturated rings. The van der Waals surface area contributed by atoms with Crippen LogP contribution in [0.1, 0.15) is 42.5 Å². The van der Waals surface area contributed by atoms with Crippen molar-refractivity contribution in [3.05, 3.63) is 70.4 Å². The van der Waals surface area contributed by atoms with Crippen molar-refractivity contribution in [2.24, 2.45) is 0 Å². The van der Waals surface area contributed by atoms with Crippen LogP contribution in [-0.2, 0) is 28.5 Å². The molecule has 2 heterocycles. The van der Waals surface area contributed by atoms with Crippen LogP contribution in [0.4, 0.5) is 13.2 Å². The number of fused-ring (bicyclic) bond motifs is 1. The highest BCUT2D eigenvalue weighted by Crippen LogP contribution is 2.34. The number of aromatic nitrogens is 2. The molecule has 4 aromatic rings. The van der Waals surface area contributed by atoms with Gasteiger partial charge < -0.3 is 14.5 Å². The molecule has 0 amide bonds. The number of thiazole rings is 1. The van der Waals surface area contributed by atoms with Gasteiger partial charge in [-0.25, -0.2) is 4.98 Å². The van der Waals surface area contributed by atoms with Crippen LogP contribution in [0.5, 0.6) is 5.75 Å². The Labute approximate surface area is 211 Å². The third-order valence-corrected chi connectivity index (χ3v) is 6.69. The van der Waals surface area contributed by atoms with Crippen molar-refractivity contribution in [3.8, 4) is 16.3 Å². The SMILES string of the molecule is Cc1nc(-c2cccc(C(F)(F)F)c2)sc1CCOc1ccc2c(CC(=O)OC(C)(C)C)c[nH]c2c1. The second-order valence-electron chi connectivity index (χ2n) is 9.49. The lowest BCUT2D eigenvalue weighted by atomic mass is 10.1. The minimum absolute atomic E-state index is 0.177. The van der Waals surface area contributed by atoms with Gasteiger partial charge in [0.15, 0.2) is 0 Å². The van der Waals surface area contributed by atoms with Gasteiger partial charge in [0.25, 0.3) is 0 Å². The van der Waals surface area contributed by atoms with Gasteiger partial charge in [0, 0.05) is 40.0 Å². The Morgan fingerprint density at radius 3 is 2.61 bits per heavy atom. The highest BCUT2D eigenvalue weighted by atomic mass is 32.1. The molecule has 0 unspecified atom stereocenters. The van der Waals surface area contributed by atoms with E-state index in [9.17, 15) is 18.0 Å². The number of alkyl halides is 3. The molecule has 2 aromatic carbocycles. The Hall–Kier alpha value is -3.33. The van der Waals surface area contributed by atoms with Crippen LogP contribution in [-0.4, -0.2) is 28.1 Å². The van der Waals surface area contributed by atoms with E-state index in [0.717, 1.165) is 39.2 Å². The lowest BCUT2D eigenvalue weighted by Crippen LogP contribution is -2.24. The maximum atomic E-state index is 13.1. The number of aryl methyl sites for hydroxylation is 1. The van der Waals surface area contributed by atoms with Gasteiger partial charge in [0.2, 0.25) is 0 Å². The van der Waals surface area contributed by atoms with Crippen molar-refractivity contribution in [1.82, 2.24) is 9.97 Å². The molecule has 36 heavy (non-hydrogen) atoms. The van der Waals surface area contributed by atoms with Gasteiger partial charge in [0.05, 0.1) is 24.3 Å². The molecule has 2 aromatic heterocycles. The van der Waals surface area contributed by atoms with Crippen molar-refractivity contribution in [1.29, 1.82) is 0 Å². The number of hydrogen-bond acceptors (Lipinski definition) is 5. The van der Waals surface area contributed by atoms with Crippen LogP contribution in [0.15, 0.2) is 48.7 Å². The second kappa shape index (κ2) is 9.97. The summed E-state index contributed by atoms with van der Waals surface area (Å²) in [5.74, 6) is 0.390. The van der Waals surface area contributed by atoms with Crippen LogP contribution in [0.2, 0.25) is 0 Å². The highest BCUT2D eigenvalue weighted by Gasteiger charge is 2.30. The number of halogens is 3. The number of esters is 1. The molecule has 5 nitrogen and oxygen atoms in total. The lowest BCUT2D eigenvalue weighted by Gasteiger charge is -2.19. The van der Waals surface area contributed by atoms with Crippen molar-refractivity contribution in [3.63, 3.8) is 0 Å². The molecule has 0 saturated carbocycles. The van der Waals surface area contributed by atoms with E-state index in [2.05, 4.69) is 9.97 Å². The van der Waals surface area contributed by atoms with Gasteiger partial charge in [-0.1, -0.05) is 12.1 Å². The Kier molecular flexibility index (Phi) is 7.13. The molecule has 0 saturated heterocycles. The fourth-order valence-corrected chi connectivity index (χ4v) is 4.85. The minimum Gasteiger partial charge on any atom is -0.493 e. The van der Waals surface area contributed by atoms with E-state index < -0.39 is 17.3 Å². The van der Waals surface area contributed by atoms with Crippen molar-refractivity contribution in [2.75, 3.05) is 6.61 Å². The monoisotopic (exact) mass is 516 g/mol. The van der Waals surface area contributed by atoms with E-state index in [-0.39, 0.29) is 12.4 Å². The molecule has 0 aliphatic rings. The Morgan fingerprint density at radius 1 is 1.11 bits per heavy atom. The summed E-state index contributed by atoms with van der Waals surface area (Å²) in [6, 6.07) is 10.8. The summed E-state index contributed by atoms with van der Waals surface area (Å²) in [4.78, 5) is 20.8. The van der Waals surface area contributed by atoms with Gasteiger partial charge >= 0.3 is 12.1 Å². The molecule has 0 aliphatic carbocycles. The normalized spacial score (nSPS) is 12.2. The standard InChI is InChI=1S/C27H27F3N2O3S/c1-16-23(36-25(32-16)17-6-5-7-19(12-17)27(28,29)30)10-11-34-20-8-9-21-18(15-31-22(21)14-20)13-24(33)35-26(2,3)4/h5-9,12,14-15,31H,10-11,13H2,1-4H3. The third-order valence-electron chi connectivity index (χ3n) is 5.42. The van der Waals surface area contributed by atoms with Crippen molar-refractivity contribution < 1.29 is 27.4 Å². The number of carbonyl (C=O) groups is 1. The van der Waals surface area contributed by atoms with E-state index in [1.807, 2.05) is 45.9 Å². The first kappa shape index (κ1) is 25.8. The molecule has 0 atom stereocenters. The number of H-pyrrole nitrogens is 1. The third kappa shape index (κ3) is 6.26. The minimum atomic E-state index is -4.39. The zero-order chi connectivity index (χ0) is 26.1.